The largest absolute Gasteiger partial charge is 0.0722 e. The van der Waals surface area contributed by atoms with Crippen LogP contribution >= 0.6 is 0 Å². The van der Waals surface area contributed by atoms with Gasteiger partial charge >= 0.3 is 0 Å². The van der Waals surface area contributed by atoms with Crippen molar-refractivity contribution in [2.24, 2.45) is 0 Å². The van der Waals surface area contributed by atoms with Gasteiger partial charge in [0, 0.05) is 8.80 Å². The summed E-state index contributed by atoms with van der Waals surface area (Å²) in [6.07, 6.45) is 4.31. The highest BCUT2D eigenvalue weighted by Gasteiger charge is 1.92. The molecule has 0 saturated heterocycles. The monoisotopic (exact) mass is 130 g/mol. The Morgan fingerprint density at radius 3 is 2.12 bits per heavy atom. The predicted octanol–water partition coefficient (Wildman–Crippen LogP) is 2.66. The second kappa shape index (κ2) is 5.36. The highest BCUT2D eigenvalue weighted by atomic mass is 28.3. The van der Waals surface area contributed by atoms with Crippen LogP contribution in [-0.2, 0) is 0 Å². The van der Waals surface area contributed by atoms with Crippen LogP contribution in [-0.4, -0.2) is 8.80 Å². The lowest BCUT2D eigenvalue weighted by atomic mass is 10.3. The van der Waals surface area contributed by atoms with Gasteiger partial charge in [0.15, 0.2) is 0 Å². The summed E-state index contributed by atoms with van der Waals surface area (Å²) in [5.41, 5.74) is 0. The zero-order chi connectivity index (χ0) is 6.41. The molecule has 0 unspecified atom stereocenters. The lowest BCUT2D eigenvalue weighted by molar-refractivity contribution is 0.766. The molecule has 0 bridgehead atoms. The van der Waals surface area contributed by atoms with E-state index in [4.69, 9.17) is 0 Å². The quantitative estimate of drug-likeness (QED) is 0.405. The van der Waals surface area contributed by atoms with Crippen LogP contribution < -0.4 is 0 Å². The first-order chi connectivity index (χ1) is 3.77. The average molecular weight is 130 g/mol. The molecule has 0 atom stereocenters. The summed E-state index contributed by atoms with van der Waals surface area (Å²) >= 11 is 0. The summed E-state index contributed by atoms with van der Waals surface area (Å²) in [6.45, 7) is 7.12. The van der Waals surface area contributed by atoms with Gasteiger partial charge in [-0.15, -0.1) is 0 Å². The minimum atomic E-state index is -0.202. The first kappa shape index (κ1) is 8.22. The van der Waals surface area contributed by atoms with Crippen LogP contribution in [0.5, 0.6) is 0 Å². The number of hydrogen-bond acceptors (Lipinski definition) is 0. The van der Waals surface area contributed by atoms with Crippen LogP contribution in [0.15, 0.2) is 0 Å². The van der Waals surface area contributed by atoms with Crippen LogP contribution in [0.3, 0.4) is 0 Å². The second-order valence-electron chi connectivity index (χ2n) is 2.89. The van der Waals surface area contributed by atoms with Crippen molar-refractivity contribution in [3.8, 4) is 0 Å². The number of hydrogen-bond donors (Lipinski definition) is 0. The molecule has 0 nitrogen and oxygen atoms in total. The third-order valence-electron chi connectivity index (χ3n) is 1.39. The Bertz CT molecular complexity index is 41.7. The van der Waals surface area contributed by atoms with Gasteiger partial charge < -0.3 is 0 Å². The molecule has 0 aliphatic rings. The smallest absolute Gasteiger partial charge is 0.0305 e. The van der Waals surface area contributed by atoms with Crippen LogP contribution in [0.1, 0.15) is 26.2 Å². The van der Waals surface area contributed by atoms with Crippen molar-refractivity contribution in [3.05, 3.63) is 0 Å². The Labute approximate surface area is 54.9 Å². The first-order valence-corrected chi connectivity index (χ1v) is 6.90. The summed E-state index contributed by atoms with van der Waals surface area (Å²) in [5, 5.41) is 0. The molecule has 0 aromatic rings. The molecule has 0 aliphatic carbocycles. The molecule has 0 rings (SSSR count). The Hall–Kier alpha value is 0.217. The minimum Gasteiger partial charge on any atom is -0.0722 e. The predicted molar refractivity (Wildman–Crippen MR) is 43.2 cm³/mol. The Kier molecular flexibility index (Phi) is 5.50. The van der Waals surface area contributed by atoms with Crippen molar-refractivity contribution in [1.82, 2.24) is 0 Å². The zero-order valence-corrected chi connectivity index (χ0v) is 7.56. The fourth-order valence-electron chi connectivity index (χ4n) is 0.803. The van der Waals surface area contributed by atoms with Gasteiger partial charge in [-0.1, -0.05) is 45.3 Å². The first-order valence-electron chi connectivity index (χ1n) is 3.77. The van der Waals surface area contributed by atoms with E-state index in [1.165, 1.54) is 19.3 Å². The van der Waals surface area contributed by atoms with Gasteiger partial charge in [-0.3, -0.25) is 0 Å². The molecule has 0 N–H and O–H groups in total. The van der Waals surface area contributed by atoms with E-state index in [0.29, 0.717) is 0 Å². The van der Waals surface area contributed by atoms with Crippen molar-refractivity contribution in [3.63, 3.8) is 0 Å². The molecule has 0 aliphatic heterocycles. The highest BCUT2D eigenvalue weighted by Crippen LogP contribution is 2.02. The van der Waals surface area contributed by atoms with Crippen LogP contribution in [0, 0.1) is 0 Å². The number of unbranched alkanes of at least 4 members (excludes halogenated alkanes) is 2. The van der Waals surface area contributed by atoms with Gasteiger partial charge in [0.05, 0.1) is 0 Å². The van der Waals surface area contributed by atoms with Crippen molar-refractivity contribution in [2.75, 3.05) is 0 Å². The molecule has 0 heterocycles. The Balaban J connectivity index is 2.72. The van der Waals surface area contributed by atoms with Gasteiger partial charge in [0.2, 0.25) is 0 Å². The van der Waals surface area contributed by atoms with Gasteiger partial charge in [0.25, 0.3) is 0 Å². The SMILES string of the molecule is CCCCC[SiH](C)C. The maximum Gasteiger partial charge on any atom is 0.0305 e. The van der Waals surface area contributed by atoms with Crippen molar-refractivity contribution >= 4 is 8.80 Å². The molecule has 0 saturated carbocycles. The fraction of sp³-hybridized carbons (Fsp3) is 1.00. The lowest BCUT2D eigenvalue weighted by Gasteiger charge is -1.99. The maximum absolute atomic E-state index is 2.43. The van der Waals surface area contributed by atoms with Gasteiger partial charge in [0.1, 0.15) is 0 Å². The third kappa shape index (κ3) is 6.22. The summed E-state index contributed by atoms with van der Waals surface area (Å²) in [7, 11) is -0.202. The zero-order valence-electron chi connectivity index (χ0n) is 6.41. The lowest BCUT2D eigenvalue weighted by Crippen LogP contribution is -1.97. The summed E-state index contributed by atoms with van der Waals surface area (Å²) in [6, 6.07) is 1.55. The molecular formula is C7H18Si. The fourth-order valence-corrected chi connectivity index (χ4v) is 1.91. The van der Waals surface area contributed by atoms with Crippen LogP contribution in [0.2, 0.25) is 19.1 Å². The molecule has 0 aromatic heterocycles. The third-order valence-corrected chi connectivity index (χ3v) is 2.95. The second-order valence-corrected chi connectivity index (χ2v) is 6.25. The molecule has 0 aromatic carbocycles. The summed E-state index contributed by atoms with van der Waals surface area (Å²) in [4.78, 5) is 0. The molecule has 50 valence electrons. The summed E-state index contributed by atoms with van der Waals surface area (Å²) in [5.74, 6) is 0. The molecule has 0 amide bonds. The standard InChI is InChI=1S/C7H18Si/c1-4-5-6-7-8(2)3/h8H,4-7H2,1-3H3. The molecule has 1 heteroatoms. The Morgan fingerprint density at radius 1 is 1.12 bits per heavy atom. The van der Waals surface area contributed by atoms with E-state index < -0.39 is 0 Å². The van der Waals surface area contributed by atoms with E-state index in [1.54, 1.807) is 6.04 Å². The average Bonchev–Trinajstić information content (AvgIpc) is 1.66. The number of rotatable bonds is 4. The molecule has 0 radical (unpaired) electrons. The van der Waals surface area contributed by atoms with E-state index in [-0.39, 0.29) is 8.80 Å². The van der Waals surface area contributed by atoms with Crippen molar-refractivity contribution in [2.45, 2.75) is 45.3 Å². The van der Waals surface area contributed by atoms with E-state index in [1.807, 2.05) is 0 Å². The van der Waals surface area contributed by atoms with E-state index in [0.717, 1.165) is 0 Å². The van der Waals surface area contributed by atoms with Crippen LogP contribution in [0.25, 0.3) is 0 Å². The van der Waals surface area contributed by atoms with Gasteiger partial charge in [-0.2, -0.15) is 0 Å². The topological polar surface area (TPSA) is 0 Å². The Morgan fingerprint density at radius 2 is 1.75 bits per heavy atom. The van der Waals surface area contributed by atoms with E-state index in [9.17, 15) is 0 Å². The van der Waals surface area contributed by atoms with E-state index in [2.05, 4.69) is 20.0 Å². The maximum atomic E-state index is 2.43. The van der Waals surface area contributed by atoms with Gasteiger partial charge in [-0.25, -0.2) is 0 Å². The normalized spacial score (nSPS) is 10.5. The highest BCUT2D eigenvalue weighted by molar-refractivity contribution is 6.55. The van der Waals surface area contributed by atoms with Crippen molar-refractivity contribution in [1.29, 1.82) is 0 Å². The molecule has 8 heavy (non-hydrogen) atoms. The van der Waals surface area contributed by atoms with E-state index >= 15 is 0 Å². The van der Waals surface area contributed by atoms with Crippen molar-refractivity contribution < 1.29 is 0 Å². The minimum absolute atomic E-state index is 0.202. The summed E-state index contributed by atoms with van der Waals surface area (Å²) < 4.78 is 0. The molecule has 0 fully saturated rings. The molecule has 0 spiro atoms. The van der Waals surface area contributed by atoms with Gasteiger partial charge in [-0.05, 0) is 0 Å². The van der Waals surface area contributed by atoms with Crippen LogP contribution in [0.4, 0.5) is 0 Å². The molecular weight excluding hydrogens is 112 g/mol.